The second-order valence-electron chi connectivity index (χ2n) is 6.84. The molecule has 1 N–H and O–H groups in total. The van der Waals surface area contributed by atoms with E-state index in [0.717, 1.165) is 17.8 Å². The number of pyridine rings is 1. The number of carbonyl (C=O) groups excluding carboxylic acids is 1. The minimum Gasteiger partial charge on any atom is -0.490 e. The van der Waals surface area contributed by atoms with Gasteiger partial charge in [0.15, 0.2) is 5.13 Å². The molecule has 158 valence electrons. The predicted molar refractivity (Wildman–Crippen MR) is 107 cm³/mol. The van der Waals surface area contributed by atoms with Gasteiger partial charge in [-0.2, -0.15) is 9.37 Å². The van der Waals surface area contributed by atoms with Gasteiger partial charge in [0.1, 0.15) is 18.5 Å². The van der Waals surface area contributed by atoms with Crippen LogP contribution in [0, 0.1) is 5.95 Å². The van der Waals surface area contributed by atoms with Crippen molar-refractivity contribution in [1.82, 2.24) is 14.9 Å². The first kappa shape index (κ1) is 21.4. The first-order valence-electron chi connectivity index (χ1n) is 9.36. The molecule has 0 aliphatic carbocycles. The Balaban J connectivity index is 1.53. The SMILES string of the molecule is COCCOc1ccc(O[C@@H]2C[C@H](C)N(Cc3sc(NC(C)=O)nc3F)C2)nc1. The Bertz CT molecular complexity index is 817. The van der Waals surface area contributed by atoms with Crippen LogP contribution in [0.1, 0.15) is 25.1 Å². The van der Waals surface area contributed by atoms with Gasteiger partial charge in [-0.1, -0.05) is 11.3 Å². The number of likely N-dealkylation sites (tertiary alicyclic amines) is 1. The van der Waals surface area contributed by atoms with Crippen LogP contribution in [0.3, 0.4) is 0 Å². The maximum Gasteiger partial charge on any atom is 0.230 e. The van der Waals surface area contributed by atoms with Crippen molar-refractivity contribution in [2.45, 2.75) is 39.0 Å². The molecule has 3 rings (SSSR count). The summed E-state index contributed by atoms with van der Waals surface area (Å²) in [6, 6.07) is 3.81. The summed E-state index contributed by atoms with van der Waals surface area (Å²) in [6.07, 6.45) is 2.40. The molecular weight excluding hydrogens is 399 g/mol. The van der Waals surface area contributed by atoms with Crippen LogP contribution in [0.15, 0.2) is 18.3 Å². The summed E-state index contributed by atoms with van der Waals surface area (Å²) < 4.78 is 30.5. The van der Waals surface area contributed by atoms with E-state index < -0.39 is 5.95 Å². The number of ether oxygens (including phenoxy) is 3. The monoisotopic (exact) mass is 424 g/mol. The lowest BCUT2D eigenvalue weighted by atomic mass is 10.2. The number of hydrogen-bond donors (Lipinski definition) is 1. The molecule has 1 amide bonds. The number of aromatic nitrogens is 2. The highest BCUT2D eigenvalue weighted by atomic mass is 32.1. The molecule has 1 saturated heterocycles. The fourth-order valence-corrected chi connectivity index (χ4v) is 4.02. The number of methoxy groups -OCH3 is 1. The number of thiazole rings is 1. The van der Waals surface area contributed by atoms with Crippen LogP contribution in [0.2, 0.25) is 0 Å². The number of halogens is 1. The summed E-state index contributed by atoms with van der Waals surface area (Å²) in [5.74, 6) is 0.378. The van der Waals surface area contributed by atoms with E-state index in [9.17, 15) is 9.18 Å². The first-order chi connectivity index (χ1) is 13.9. The van der Waals surface area contributed by atoms with Crippen LogP contribution >= 0.6 is 11.3 Å². The van der Waals surface area contributed by atoms with Crippen LogP contribution in [-0.4, -0.2) is 59.8 Å². The smallest absolute Gasteiger partial charge is 0.230 e. The van der Waals surface area contributed by atoms with Gasteiger partial charge in [-0.15, -0.1) is 0 Å². The molecule has 0 bridgehead atoms. The summed E-state index contributed by atoms with van der Waals surface area (Å²) in [6.45, 7) is 5.50. The fourth-order valence-electron chi connectivity index (χ4n) is 3.11. The Morgan fingerprint density at radius 1 is 1.41 bits per heavy atom. The zero-order chi connectivity index (χ0) is 20.8. The number of nitrogens with zero attached hydrogens (tertiary/aromatic N) is 3. The lowest BCUT2D eigenvalue weighted by Gasteiger charge is -2.19. The van der Waals surface area contributed by atoms with Gasteiger partial charge in [0.25, 0.3) is 0 Å². The molecule has 3 heterocycles. The largest absolute Gasteiger partial charge is 0.490 e. The van der Waals surface area contributed by atoms with Crippen LogP contribution < -0.4 is 14.8 Å². The fraction of sp³-hybridized carbons (Fsp3) is 0.526. The molecule has 2 aromatic heterocycles. The van der Waals surface area contributed by atoms with E-state index in [1.807, 2.05) is 6.07 Å². The minimum atomic E-state index is -0.541. The molecule has 2 atom stereocenters. The summed E-state index contributed by atoms with van der Waals surface area (Å²) in [5, 5.41) is 2.80. The van der Waals surface area contributed by atoms with Gasteiger partial charge in [0.2, 0.25) is 17.7 Å². The molecule has 0 spiro atoms. The second kappa shape index (κ2) is 9.95. The molecule has 0 unspecified atom stereocenters. The van der Waals surface area contributed by atoms with Crippen molar-refractivity contribution in [3.63, 3.8) is 0 Å². The van der Waals surface area contributed by atoms with Crippen molar-refractivity contribution in [2.24, 2.45) is 0 Å². The number of amides is 1. The summed E-state index contributed by atoms with van der Waals surface area (Å²) in [7, 11) is 1.62. The van der Waals surface area contributed by atoms with Gasteiger partial charge < -0.3 is 19.5 Å². The van der Waals surface area contributed by atoms with Crippen LogP contribution in [-0.2, 0) is 16.1 Å². The predicted octanol–water partition coefficient (Wildman–Crippen LogP) is 2.70. The zero-order valence-electron chi connectivity index (χ0n) is 16.7. The van der Waals surface area contributed by atoms with Gasteiger partial charge >= 0.3 is 0 Å². The molecule has 8 nitrogen and oxygen atoms in total. The average Bonchev–Trinajstić information content (AvgIpc) is 3.18. The Morgan fingerprint density at radius 2 is 2.24 bits per heavy atom. The number of anilines is 1. The average molecular weight is 424 g/mol. The summed E-state index contributed by atoms with van der Waals surface area (Å²) in [5.41, 5.74) is 0. The summed E-state index contributed by atoms with van der Waals surface area (Å²) in [4.78, 5) is 21.8. The van der Waals surface area contributed by atoms with E-state index in [1.54, 1.807) is 19.4 Å². The number of hydrogen-bond acceptors (Lipinski definition) is 8. The molecule has 0 radical (unpaired) electrons. The van der Waals surface area contributed by atoms with E-state index in [2.05, 4.69) is 27.1 Å². The third-order valence-electron chi connectivity index (χ3n) is 4.50. The highest BCUT2D eigenvalue weighted by molar-refractivity contribution is 7.15. The summed E-state index contributed by atoms with van der Waals surface area (Å²) >= 11 is 1.16. The standard InChI is InChI=1S/C19H25FN4O4S/c1-12-8-15(28-17-5-4-14(9-21-17)27-7-6-26-3)10-24(12)11-16-18(20)23-19(29-16)22-13(2)25/h4-5,9,12,15H,6-8,10-11H2,1-3H3,(H,22,23,25)/t12-,15+/m0/s1. The number of rotatable bonds is 9. The van der Waals surface area contributed by atoms with Crippen molar-refractivity contribution >= 4 is 22.4 Å². The maximum atomic E-state index is 14.1. The molecular formula is C19H25FN4O4S. The lowest BCUT2D eigenvalue weighted by molar-refractivity contribution is -0.114. The van der Waals surface area contributed by atoms with E-state index in [0.29, 0.717) is 42.8 Å². The second-order valence-corrected chi connectivity index (χ2v) is 7.93. The van der Waals surface area contributed by atoms with Crippen molar-refractivity contribution < 1.29 is 23.4 Å². The number of nitrogens with one attached hydrogen (secondary N) is 1. The van der Waals surface area contributed by atoms with Crippen LogP contribution in [0.25, 0.3) is 0 Å². The van der Waals surface area contributed by atoms with Crippen molar-refractivity contribution in [1.29, 1.82) is 0 Å². The Hall–Kier alpha value is -2.30. The highest BCUT2D eigenvalue weighted by Gasteiger charge is 2.32. The van der Waals surface area contributed by atoms with Crippen molar-refractivity contribution in [3.05, 3.63) is 29.2 Å². The van der Waals surface area contributed by atoms with E-state index in [4.69, 9.17) is 14.2 Å². The minimum absolute atomic E-state index is 0.0384. The van der Waals surface area contributed by atoms with Gasteiger partial charge in [-0.25, -0.2) is 4.98 Å². The molecule has 0 saturated carbocycles. The maximum absolute atomic E-state index is 14.1. The lowest BCUT2D eigenvalue weighted by Crippen LogP contribution is -2.28. The first-order valence-corrected chi connectivity index (χ1v) is 10.2. The van der Waals surface area contributed by atoms with Gasteiger partial charge in [-0.3, -0.25) is 9.69 Å². The Kier molecular flexibility index (Phi) is 7.34. The molecule has 1 aliphatic heterocycles. The van der Waals surface area contributed by atoms with Gasteiger partial charge in [0, 0.05) is 45.7 Å². The van der Waals surface area contributed by atoms with Crippen molar-refractivity contribution in [3.8, 4) is 11.6 Å². The number of carbonyl (C=O) groups is 1. The normalized spacial score (nSPS) is 19.3. The Morgan fingerprint density at radius 3 is 2.93 bits per heavy atom. The van der Waals surface area contributed by atoms with E-state index in [1.165, 1.54) is 6.92 Å². The molecule has 29 heavy (non-hydrogen) atoms. The van der Waals surface area contributed by atoms with E-state index >= 15 is 0 Å². The topological polar surface area (TPSA) is 85.8 Å². The molecule has 2 aromatic rings. The zero-order valence-corrected chi connectivity index (χ0v) is 17.5. The quantitative estimate of drug-likeness (QED) is 0.620. The third-order valence-corrected chi connectivity index (χ3v) is 5.43. The molecule has 1 aliphatic rings. The van der Waals surface area contributed by atoms with E-state index in [-0.39, 0.29) is 23.2 Å². The van der Waals surface area contributed by atoms with Gasteiger partial charge in [0.05, 0.1) is 17.7 Å². The van der Waals surface area contributed by atoms with Crippen molar-refractivity contribution in [2.75, 3.05) is 32.2 Å². The van der Waals surface area contributed by atoms with Gasteiger partial charge in [-0.05, 0) is 13.0 Å². The third kappa shape index (κ3) is 6.09. The molecule has 0 aromatic carbocycles. The van der Waals surface area contributed by atoms with Crippen LogP contribution in [0.4, 0.5) is 9.52 Å². The highest BCUT2D eigenvalue weighted by Crippen LogP contribution is 2.28. The molecule has 10 heteroatoms. The Labute approximate surface area is 173 Å². The molecule has 1 fully saturated rings. The van der Waals surface area contributed by atoms with Crippen LogP contribution in [0.5, 0.6) is 11.6 Å².